The van der Waals surface area contributed by atoms with E-state index in [4.69, 9.17) is 10.6 Å². The molecule has 4 nitrogen and oxygen atoms in total. The third-order valence-electron chi connectivity index (χ3n) is 1.48. The number of hydrogen-bond acceptors (Lipinski definition) is 3. The highest BCUT2D eigenvalue weighted by Gasteiger charge is 2.07. The van der Waals surface area contributed by atoms with Crippen LogP contribution >= 0.6 is 0 Å². The molecule has 0 unspecified atom stereocenters. The van der Waals surface area contributed by atoms with Crippen molar-refractivity contribution in [1.29, 1.82) is 0 Å². The molecule has 0 saturated carbocycles. The molecule has 0 aromatic heterocycles. The zero-order valence-electron chi connectivity index (χ0n) is 7.43. The quantitative estimate of drug-likeness (QED) is 0.551. The minimum absolute atomic E-state index is 0.0459. The van der Waals surface area contributed by atoms with Crippen molar-refractivity contribution in [2.45, 2.75) is 6.92 Å². The molecule has 1 aromatic rings. The van der Waals surface area contributed by atoms with Crippen molar-refractivity contribution in [3.63, 3.8) is 0 Å². The van der Waals surface area contributed by atoms with E-state index in [2.05, 4.69) is 0 Å². The molecule has 1 rings (SSSR count). The largest absolute Gasteiger partial charge is 0.376 e. The van der Waals surface area contributed by atoms with Gasteiger partial charge in [-0.15, -0.1) is 0 Å². The lowest BCUT2D eigenvalue weighted by molar-refractivity contribution is -0.154. The summed E-state index contributed by atoms with van der Waals surface area (Å²) in [5.41, 5.74) is 5.30. The van der Waals surface area contributed by atoms with Crippen molar-refractivity contribution in [1.82, 2.24) is 5.06 Å². The number of rotatable bonds is 3. The van der Waals surface area contributed by atoms with Crippen LogP contribution < -0.4 is 10.6 Å². The van der Waals surface area contributed by atoms with Crippen LogP contribution in [0.25, 0.3) is 0 Å². The third kappa shape index (κ3) is 2.76. The Bertz CT molecular complexity index is 274. The van der Waals surface area contributed by atoms with E-state index >= 15 is 0 Å². The van der Waals surface area contributed by atoms with Crippen LogP contribution in [-0.4, -0.2) is 17.6 Å². The van der Waals surface area contributed by atoms with Gasteiger partial charge in [0.2, 0.25) is 0 Å². The fourth-order valence-electron chi connectivity index (χ4n) is 0.839. The highest BCUT2D eigenvalue weighted by Crippen LogP contribution is 2.09. The van der Waals surface area contributed by atoms with E-state index in [-0.39, 0.29) is 12.6 Å². The van der Waals surface area contributed by atoms with Gasteiger partial charge in [0.05, 0.1) is 0 Å². The van der Waals surface area contributed by atoms with Gasteiger partial charge in [-0.3, -0.25) is 4.79 Å². The summed E-state index contributed by atoms with van der Waals surface area (Å²) in [5.74, 6) is 0.384. The first kappa shape index (κ1) is 9.54. The summed E-state index contributed by atoms with van der Waals surface area (Å²) in [7, 11) is 0. The topological polar surface area (TPSA) is 55.6 Å². The molecule has 1 aromatic carbocycles. The summed E-state index contributed by atoms with van der Waals surface area (Å²) in [6, 6.07) is 9.03. The smallest absolute Gasteiger partial charge is 0.253 e. The highest BCUT2D eigenvalue weighted by atomic mass is 16.7. The van der Waals surface area contributed by atoms with Gasteiger partial charge in [-0.1, -0.05) is 18.2 Å². The first-order valence-corrected chi connectivity index (χ1v) is 3.95. The second-order valence-electron chi connectivity index (χ2n) is 2.48. The van der Waals surface area contributed by atoms with Gasteiger partial charge in [0.1, 0.15) is 6.67 Å². The summed E-state index contributed by atoms with van der Waals surface area (Å²) < 4.78 is 0. The number of carbonyl (C=O) groups is 1. The predicted octanol–water partition coefficient (Wildman–Crippen LogP) is 0.745. The van der Waals surface area contributed by atoms with Crippen molar-refractivity contribution in [2.75, 3.05) is 6.67 Å². The Balaban J connectivity index is 2.62. The molecule has 2 N–H and O–H groups in total. The van der Waals surface area contributed by atoms with Crippen molar-refractivity contribution in [3.05, 3.63) is 30.3 Å². The van der Waals surface area contributed by atoms with Gasteiger partial charge >= 0.3 is 0 Å². The Morgan fingerprint density at radius 1 is 1.46 bits per heavy atom. The average Bonchev–Trinajstić information content (AvgIpc) is 2.15. The molecular weight excluding hydrogens is 168 g/mol. The first-order chi connectivity index (χ1) is 6.24. The molecule has 0 fully saturated rings. The van der Waals surface area contributed by atoms with Gasteiger partial charge in [0.15, 0.2) is 5.75 Å². The number of hydroxylamine groups is 2. The molecule has 70 valence electrons. The van der Waals surface area contributed by atoms with Crippen LogP contribution in [0.15, 0.2) is 30.3 Å². The van der Waals surface area contributed by atoms with Gasteiger partial charge in [0.25, 0.3) is 5.91 Å². The Kier molecular flexibility index (Phi) is 3.28. The SMILES string of the molecule is CC(=O)N(CN)Oc1ccccc1. The van der Waals surface area contributed by atoms with E-state index in [0.29, 0.717) is 5.75 Å². The van der Waals surface area contributed by atoms with Crippen LogP contribution in [0.1, 0.15) is 6.92 Å². The zero-order valence-corrected chi connectivity index (χ0v) is 7.43. The van der Waals surface area contributed by atoms with E-state index in [0.717, 1.165) is 5.06 Å². The lowest BCUT2D eigenvalue weighted by atomic mass is 10.3. The second kappa shape index (κ2) is 4.47. The number of para-hydroxylation sites is 1. The molecule has 0 atom stereocenters. The Morgan fingerprint density at radius 3 is 2.54 bits per heavy atom. The molecule has 0 bridgehead atoms. The molecule has 1 amide bonds. The fourth-order valence-corrected chi connectivity index (χ4v) is 0.839. The zero-order chi connectivity index (χ0) is 9.68. The third-order valence-corrected chi connectivity index (χ3v) is 1.48. The molecule has 0 aliphatic carbocycles. The predicted molar refractivity (Wildman–Crippen MR) is 48.6 cm³/mol. The summed E-state index contributed by atoms with van der Waals surface area (Å²) in [6.07, 6.45) is 0. The number of nitrogens with zero attached hydrogens (tertiary/aromatic N) is 1. The van der Waals surface area contributed by atoms with Crippen LogP contribution in [-0.2, 0) is 4.79 Å². The number of nitrogens with two attached hydrogens (primary N) is 1. The Morgan fingerprint density at radius 2 is 2.08 bits per heavy atom. The van der Waals surface area contributed by atoms with Crippen LogP contribution in [0.4, 0.5) is 0 Å². The Labute approximate surface area is 76.9 Å². The van der Waals surface area contributed by atoms with Crippen molar-refractivity contribution >= 4 is 5.91 Å². The van der Waals surface area contributed by atoms with Gasteiger partial charge in [-0.2, -0.15) is 5.06 Å². The first-order valence-electron chi connectivity index (χ1n) is 3.95. The number of hydrogen-bond donors (Lipinski definition) is 1. The highest BCUT2D eigenvalue weighted by molar-refractivity contribution is 5.72. The molecule has 0 aliphatic heterocycles. The van der Waals surface area contributed by atoms with E-state index < -0.39 is 0 Å². The van der Waals surface area contributed by atoms with Gasteiger partial charge in [-0.05, 0) is 12.1 Å². The summed E-state index contributed by atoms with van der Waals surface area (Å²) in [6.45, 7) is 1.44. The summed E-state index contributed by atoms with van der Waals surface area (Å²) in [5, 5.41) is 1.09. The molecule has 0 spiro atoms. The summed E-state index contributed by atoms with van der Waals surface area (Å²) in [4.78, 5) is 16.1. The lowest BCUT2D eigenvalue weighted by Gasteiger charge is -2.18. The standard InChI is InChI=1S/C9H12N2O2/c1-8(12)11(7-10)13-9-5-3-2-4-6-9/h2-6H,7,10H2,1H3. The average molecular weight is 180 g/mol. The van der Waals surface area contributed by atoms with Crippen molar-refractivity contribution in [2.24, 2.45) is 5.73 Å². The maximum absolute atomic E-state index is 10.9. The molecule has 0 aliphatic rings. The number of amides is 1. The normalized spacial score (nSPS) is 9.38. The minimum atomic E-state index is -0.216. The molecule has 0 radical (unpaired) electrons. The number of carbonyl (C=O) groups excluding carboxylic acids is 1. The fraction of sp³-hybridized carbons (Fsp3) is 0.222. The van der Waals surface area contributed by atoms with E-state index in [1.54, 1.807) is 12.1 Å². The molecule has 0 heterocycles. The molecule has 13 heavy (non-hydrogen) atoms. The monoisotopic (exact) mass is 180 g/mol. The number of benzene rings is 1. The Hall–Kier alpha value is -1.55. The maximum atomic E-state index is 10.9. The van der Waals surface area contributed by atoms with Crippen LogP contribution in [0.5, 0.6) is 5.75 Å². The van der Waals surface area contributed by atoms with E-state index in [1.807, 2.05) is 18.2 Å². The lowest BCUT2D eigenvalue weighted by Crippen LogP contribution is -2.37. The second-order valence-corrected chi connectivity index (χ2v) is 2.48. The van der Waals surface area contributed by atoms with Gasteiger partial charge in [-0.25, -0.2) is 0 Å². The van der Waals surface area contributed by atoms with Crippen molar-refractivity contribution < 1.29 is 9.63 Å². The molecule has 0 saturated heterocycles. The molecular formula is C9H12N2O2. The van der Waals surface area contributed by atoms with Crippen LogP contribution in [0, 0.1) is 0 Å². The van der Waals surface area contributed by atoms with E-state index in [9.17, 15) is 4.79 Å². The van der Waals surface area contributed by atoms with Crippen LogP contribution in [0.2, 0.25) is 0 Å². The van der Waals surface area contributed by atoms with Gasteiger partial charge < -0.3 is 10.6 Å². The van der Waals surface area contributed by atoms with Crippen LogP contribution in [0.3, 0.4) is 0 Å². The molecule has 4 heteroatoms. The van der Waals surface area contributed by atoms with E-state index in [1.165, 1.54) is 6.92 Å². The van der Waals surface area contributed by atoms with Gasteiger partial charge in [0, 0.05) is 6.92 Å². The summed E-state index contributed by atoms with van der Waals surface area (Å²) >= 11 is 0. The minimum Gasteiger partial charge on any atom is -0.376 e. The van der Waals surface area contributed by atoms with Crippen molar-refractivity contribution in [3.8, 4) is 5.75 Å². The maximum Gasteiger partial charge on any atom is 0.253 e.